The molecule has 0 radical (unpaired) electrons. The highest BCUT2D eigenvalue weighted by atomic mass is 14.2. The van der Waals surface area contributed by atoms with Crippen LogP contribution in [-0.2, 0) is 0 Å². The molecule has 0 aliphatic rings. The zero-order valence-corrected chi connectivity index (χ0v) is 41.6. The fourth-order valence-electron chi connectivity index (χ4n) is 11.2. The van der Waals surface area contributed by atoms with E-state index in [0.717, 1.165) is 0 Å². The van der Waals surface area contributed by atoms with Crippen molar-refractivity contribution in [3.05, 3.63) is 251 Å². The number of fused-ring (bicyclic) bond motifs is 5. The fourth-order valence-corrected chi connectivity index (χ4v) is 11.2. The maximum Gasteiger partial charge on any atom is -0.00239 e. The first-order chi connectivity index (χ1) is 34.0. The zero-order valence-electron chi connectivity index (χ0n) is 41.6. The van der Waals surface area contributed by atoms with Gasteiger partial charge in [0.15, 0.2) is 0 Å². The van der Waals surface area contributed by atoms with Crippen LogP contribution in [0.5, 0.6) is 0 Å². The summed E-state index contributed by atoms with van der Waals surface area (Å²) >= 11 is 0. The quantitative estimate of drug-likeness (QED) is 0.144. The van der Waals surface area contributed by atoms with Crippen LogP contribution >= 0.6 is 0 Å². The lowest BCUT2D eigenvalue weighted by atomic mass is 9.90. The molecule has 0 saturated heterocycles. The molecule has 0 aliphatic carbocycles. The van der Waals surface area contributed by atoms with Crippen LogP contribution in [0.2, 0.25) is 0 Å². The van der Waals surface area contributed by atoms with E-state index in [1.54, 1.807) is 0 Å². The summed E-state index contributed by atoms with van der Waals surface area (Å²) in [5, 5.41) is 24.7. The van der Waals surface area contributed by atoms with Crippen LogP contribution in [0, 0.1) is 55.4 Å². The number of hydrogen-bond donors (Lipinski definition) is 0. The van der Waals surface area contributed by atoms with Gasteiger partial charge in [0.25, 0.3) is 0 Å². The molecule has 0 heterocycles. The summed E-state index contributed by atoms with van der Waals surface area (Å²) in [5.41, 5.74) is 13.3. The molecule has 0 nitrogen and oxygen atoms in total. The number of rotatable bonds is 1. The van der Waals surface area contributed by atoms with Gasteiger partial charge in [-0.25, -0.2) is 0 Å². The SMILES string of the molecule is Cc1cc2c3ccccc3c(C)cc2c2ccccc12.Cc1cc2ccc3cc(C)cc4ccc(c1)c2c34.Cc1cc2cccc3c(C)cc4cccc1c4c23.Cc1ccc(-c2ccc(C)cc2)cc1. The Morgan fingerprint density at radius 2 is 0.486 bits per heavy atom. The van der Waals surface area contributed by atoms with Crippen molar-refractivity contribution in [1.82, 2.24) is 0 Å². The summed E-state index contributed by atoms with van der Waals surface area (Å²) in [6, 6.07) is 75.3. The Morgan fingerprint density at radius 3 is 0.843 bits per heavy atom. The van der Waals surface area contributed by atoms with Gasteiger partial charge in [-0.2, -0.15) is 0 Å². The predicted molar refractivity (Wildman–Crippen MR) is 309 cm³/mol. The third-order valence-corrected chi connectivity index (χ3v) is 14.6. The summed E-state index contributed by atoms with van der Waals surface area (Å²) in [4.78, 5) is 0. The second kappa shape index (κ2) is 18.1. The highest BCUT2D eigenvalue weighted by Crippen LogP contribution is 2.39. The molecule has 0 bridgehead atoms. The normalized spacial score (nSPS) is 11.4. The van der Waals surface area contributed by atoms with E-state index < -0.39 is 0 Å². The van der Waals surface area contributed by atoms with Gasteiger partial charge in [-0.15, -0.1) is 0 Å². The van der Waals surface area contributed by atoms with E-state index in [-0.39, 0.29) is 0 Å². The van der Waals surface area contributed by atoms with Gasteiger partial charge < -0.3 is 0 Å². The van der Waals surface area contributed by atoms with E-state index in [1.165, 1.54) is 153 Å². The molecule has 0 heteroatoms. The molecule has 0 spiro atoms. The van der Waals surface area contributed by atoms with E-state index in [1.807, 2.05) is 0 Å². The third-order valence-electron chi connectivity index (χ3n) is 14.6. The minimum Gasteiger partial charge on any atom is -0.0616 e. The molecule has 338 valence electrons. The van der Waals surface area contributed by atoms with Crippen molar-refractivity contribution in [1.29, 1.82) is 0 Å². The third kappa shape index (κ3) is 8.14. The number of aryl methyl sites for hydroxylation is 8. The first-order valence-corrected chi connectivity index (χ1v) is 24.7. The van der Waals surface area contributed by atoms with Crippen LogP contribution < -0.4 is 0 Å². The van der Waals surface area contributed by atoms with Crippen molar-refractivity contribution in [3.8, 4) is 11.1 Å². The lowest BCUT2D eigenvalue weighted by Gasteiger charge is -2.14. The summed E-state index contributed by atoms with van der Waals surface area (Å²) in [6.45, 7) is 17.4. The zero-order chi connectivity index (χ0) is 48.2. The lowest BCUT2D eigenvalue weighted by Crippen LogP contribution is -1.88. The van der Waals surface area contributed by atoms with Crippen molar-refractivity contribution in [3.63, 3.8) is 0 Å². The van der Waals surface area contributed by atoms with Crippen molar-refractivity contribution in [2.24, 2.45) is 0 Å². The van der Waals surface area contributed by atoms with Gasteiger partial charge in [0.05, 0.1) is 0 Å². The molecule has 14 aromatic rings. The molecule has 14 aromatic carbocycles. The van der Waals surface area contributed by atoms with E-state index >= 15 is 0 Å². The molecule has 70 heavy (non-hydrogen) atoms. The number of hydrogen-bond acceptors (Lipinski definition) is 0. The van der Waals surface area contributed by atoms with Gasteiger partial charge in [-0.05, 0) is 197 Å². The van der Waals surface area contributed by atoms with Crippen LogP contribution in [0.3, 0.4) is 0 Å². The Balaban J connectivity index is 0.000000102. The van der Waals surface area contributed by atoms with Gasteiger partial charge in [0.1, 0.15) is 0 Å². The Labute approximate surface area is 412 Å². The van der Waals surface area contributed by atoms with Crippen molar-refractivity contribution in [2.45, 2.75) is 55.4 Å². The monoisotopic (exact) mass is 898 g/mol. The standard InChI is InChI=1S/C20H16.2C18H14.C14H14/c1-13-11-19-18-10-6-4-8-16(18)14(2)12-20(19)17-9-5-3-7-15(13)17;1-11-9-13-5-4-8-16-12(2)10-14-6-3-7-15(11)17(14)18(13)16;1-11-7-13-3-5-15-9-12(2)10-16-6-4-14(8-11)17(13)18(15)16;1-11-3-7-13(8-4-11)14-9-5-12(2)6-10-14/h3-12H,1-2H3;2*3-10H,1-2H3;3-10H,1-2H3. The summed E-state index contributed by atoms with van der Waals surface area (Å²) in [5.74, 6) is 0. The molecule has 14 rings (SSSR count). The molecule has 0 amide bonds. The van der Waals surface area contributed by atoms with E-state index in [2.05, 4.69) is 262 Å². The summed E-state index contributed by atoms with van der Waals surface area (Å²) in [6.07, 6.45) is 0. The van der Waals surface area contributed by atoms with Crippen molar-refractivity contribution < 1.29 is 0 Å². The van der Waals surface area contributed by atoms with E-state index in [0.29, 0.717) is 0 Å². The van der Waals surface area contributed by atoms with Crippen LogP contribution in [0.15, 0.2) is 206 Å². The Bertz CT molecular complexity index is 3880. The highest BCUT2D eigenvalue weighted by molar-refractivity contribution is 6.25. The van der Waals surface area contributed by atoms with Gasteiger partial charge in [-0.3, -0.25) is 0 Å². The second-order valence-corrected chi connectivity index (χ2v) is 19.8. The minimum absolute atomic E-state index is 1.29. The molecule has 0 fully saturated rings. The molecular formula is C70H58. The average molecular weight is 899 g/mol. The molecule has 0 atom stereocenters. The van der Waals surface area contributed by atoms with Crippen LogP contribution in [-0.4, -0.2) is 0 Å². The fraction of sp³-hybridized carbons (Fsp3) is 0.114. The Morgan fingerprint density at radius 1 is 0.186 bits per heavy atom. The first-order valence-electron chi connectivity index (χ1n) is 24.7. The molecule has 0 saturated carbocycles. The largest absolute Gasteiger partial charge is 0.0616 e. The summed E-state index contributed by atoms with van der Waals surface area (Å²) in [7, 11) is 0. The van der Waals surface area contributed by atoms with E-state index in [9.17, 15) is 0 Å². The first kappa shape index (κ1) is 44.4. The van der Waals surface area contributed by atoms with Crippen LogP contribution in [0.1, 0.15) is 44.5 Å². The maximum atomic E-state index is 2.33. The van der Waals surface area contributed by atoms with Crippen molar-refractivity contribution >= 4 is 97.0 Å². The smallest absolute Gasteiger partial charge is 0.00239 e. The molecular weight excluding hydrogens is 841 g/mol. The van der Waals surface area contributed by atoms with Gasteiger partial charge in [0.2, 0.25) is 0 Å². The van der Waals surface area contributed by atoms with Crippen molar-refractivity contribution in [2.75, 3.05) is 0 Å². The molecule has 0 aliphatic heterocycles. The topological polar surface area (TPSA) is 0 Å². The van der Waals surface area contributed by atoms with Crippen LogP contribution in [0.25, 0.3) is 108 Å². The van der Waals surface area contributed by atoms with E-state index in [4.69, 9.17) is 0 Å². The average Bonchev–Trinajstić information content (AvgIpc) is 3.37. The molecule has 0 N–H and O–H groups in total. The van der Waals surface area contributed by atoms with Gasteiger partial charge in [-0.1, -0.05) is 217 Å². The van der Waals surface area contributed by atoms with Gasteiger partial charge >= 0.3 is 0 Å². The minimum atomic E-state index is 1.29. The maximum absolute atomic E-state index is 2.33. The predicted octanol–water partition coefficient (Wildman–Crippen LogP) is 20.1. The Kier molecular flexibility index (Phi) is 11.5. The van der Waals surface area contributed by atoms with Crippen LogP contribution in [0.4, 0.5) is 0 Å². The lowest BCUT2D eigenvalue weighted by molar-refractivity contribution is 1.45. The molecule has 0 unspecified atom stereocenters. The summed E-state index contributed by atoms with van der Waals surface area (Å²) < 4.78 is 0. The van der Waals surface area contributed by atoms with Gasteiger partial charge in [0, 0.05) is 0 Å². The highest BCUT2D eigenvalue weighted by Gasteiger charge is 2.13. The Hall–Kier alpha value is -8.06. The second-order valence-electron chi connectivity index (χ2n) is 19.8. The number of benzene rings is 14. The molecule has 0 aromatic heterocycles.